The number of nitrogens with one attached hydrogen (secondary N) is 1. The van der Waals surface area contributed by atoms with Crippen LogP contribution < -0.4 is 15.8 Å². The summed E-state index contributed by atoms with van der Waals surface area (Å²) in [5.74, 6) is -0.470. The first-order valence-electron chi connectivity index (χ1n) is 7.19. The number of primary amides is 1. The molecule has 1 atom stereocenters. The summed E-state index contributed by atoms with van der Waals surface area (Å²) in [6.45, 7) is 0. The molecule has 0 bridgehead atoms. The molecule has 1 aliphatic rings. The molecule has 0 saturated heterocycles. The Balaban J connectivity index is 2.00. The van der Waals surface area contributed by atoms with Crippen molar-refractivity contribution >= 4 is 11.9 Å². The van der Waals surface area contributed by atoms with Crippen molar-refractivity contribution in [3.63, 3.8) is 0 Å². The van der Waals surface area contributed by atoms with Gasteiger partial charge in [0.25, 0.3) is 0 Å². The Labute approximate surface area is 132 Å². The molecule has 1 aliphatic heterocycles. The molecule has 0 aliphatic carbocycles. The SMILES string of the molecule is NC(=O)C[C@H](NC1c2ccccc2Oc2ccccc21)C(=O)O. The number of carboxylic acids is 1. The number of carbonyl (C=O) groups is 2. The number of para-hydroxylation sites is 2. The summed E-state index contributed by atoms with van der Waals surface area (Å²) in [5, 5.41) is 12.4. The number of hydrogen-bond donors (Lipinski definition) is 3. The third-order valence-electron chi connectivity index (χ3n) is 3.75. The van der Waals surface area contributed by atoms with E-state index in [0.717, 1.165) is 11.1 Å². The number of aliphatic carboxylic acids is 1. The molecule has 6 nitrogen and oxygen atoms in total. The van der Waals surface area contributed by atoms with E-state index in [2.05, 4.69) is 5.32 Å². The van der Waals surface area contributed by atoms with Gasteiger partial charge in [0.05, 0.1) is 12.5 Å². The molecule has 0 spiro atoms. The molecule has 0 aromatic heterocycles. The van der Waals surface area contributed by atoms with Crippen molar-refractivity contribution in [2.75, 3.05) is 0 Å². The first-order chi connectivity index (χ1) is 11.1. The Kier molecular flexibility index (Phi) is 3.99. The van der Waals surface area contributed by atoms with Crippen LogP contribution in [0.1, 0.15) is 23.6 Å². The van der Waals surface area contributed by atoms with Crippen LogP contribution in [0.5, 0.6) is 11.5 Å². The van der Waals surface area contributed by atoms with Crippen LogP contribution in [0.2, 0.25) is 0 Å². The second kappa shape index (κ2) is 6.10. The lowest BCUT2D eigenvalue weighted by molar-refractivity contribution is -0.141. The van der Waals surface area contributed by atoms with E-state index in [0.29, 0.717) is 11.5 Å². The molecule has 0 unspecified atom stereocenters. The van der Waals surface area contributed by atoms with Crippen molar-refractivity contribution in [2.45, 2.75) is 18.5 Å². The van der Waals surface area contributed by atoms with E-state index >= 15 is 0 Å². The van der Waals surface area contributed by atoms with Gasteiger partial charge in [0.1, 0.15) is 17.5 Å². The number of benzene rings is 2. The van der Waals surface area contributed by atoms with Crippen molar-refractivity contribution in [3.05, 3.63) is 59.7 Å². The highest BCUT2D eigenvalue weighted by Crippen LogP contribution is 2.42. The minimum absolute atomic E-state index is 0.281. The van der Waals surface area contributed by atoms with Gasteiger partial charge in [0, 0.05) is 11.1 Å². The van der Waals surface area contributed by atoms with E-state index in [9.17, 15) is 14.7 Å². The van der Waals surface area contributed by atoms with Gasteiger partial charge < -0.3 is 15.6 Å². The molecule has 1 amide bonds. The highest BCUT2D eigenvalue weighted by molar-refractivity contribution is 5.83. The van der Waals surface area contributed by atoms with Gasteiger partial charge in [-0.3, -0.25) is 14.9 Å². The van der Waals surface area contributed by atoms with Crippen LogP contribution in [-0.2, 0) is 9.59 Å². The maximum absolute atomic E-state index is 11.4. The summed E-state index contributed by atoms with van der Waals surface area (Å²) in [5.41, 5.74) is 6.80. The zero-order chi connectivity index (χ0) is 16.4. The number of carboxylic acid groups (broad SMARTS) is 1. The second-order valence-electron chi connectivity index (χ2n) is 5.34. The summed E-state index contributed by atoms with van der Waals surface area (Å²) in [7, 11) is 0. The van der Waals surface area contributed by atoms with Gasteiger partial charge in [-0.05, 0) is 12.1 Å². The van der Waals surface area contributed by atoms with E-state index in [1.807, 2.05) is 48.5 Å². The predicted molar refractivity (Wildman–Crippen MR) is 83.2 cm³/mol. The Morgan fingerprint density at radius 3 is 2.09 bits per heavy atom. The quantitative estimate of drug-likeness (QED) is 0.781. The molecular weight excluding hydrogens is 296 g/mol. The van der Waals surface area contributed by atoms with Crippen LogP contribution >= 0.6 is 0 Å². The Hall–Kier alpha value is -2.86. The Morgan fingerprint density at radius 2 is 1.61 bits per heavy atom. The Morgan fingerprint density at radius 1 is 1.09 bits per heavy atom. The number of hydrogen-bond acceptors (Lipinski definition) is 4. The topological polar surface area (TPSA) is 102 Å². The Bertz CT molecular complexity index is 714. The molecule has 3 rings (SSSR count). The van der Waals surface area contributed by atoms with Crippen molar-refractivity contribution in [1.82, 2.24) is 5.32 Å². The van der Waals surface area contributed by atoms with E-state index in [4.69, 9.17) is 10.5 Å². The molecule has 0 fully saturated rings. The van der Waals surface area contributed by atoms with Crippen LogP contribution in [0, 0.1) is 0 Å². The highest BCUT2D eigenvalue weighted by Gasteiger charge is 2.31. The van der Waals surface area contributed by atoms with E-state index in [-0.39, 0.29) is 6.42 Å². The molecule has 0 saturated carbocycles. The zero-order valence-corrected chi connectivity index (χ0v) is 12.2. The van der Waals surface area contributed by atoms with E-state index in [1.54, 1.807) is 0 Å². The summed E-state index contributed by atoms with van der Waals surface area (Å²) in [4.78, 5) is 22.6. The van der Waals surface area contributed by atoms with Gasteiger partial charge in [0.15, 0.2) is 0 Å². The number of rotatable bonds is 5. The van der Waals surface area contributed by atoms with Gasteiger partial charge >= 0.3 is 5.97 Å². The minimum atomic E-state index is -1.12. The molecule has 23 heavy (non-hydrogen) atoms. The van der Waals surface area contributed by atoms with E-state index < -0.39 is 24.0 Å². The molecule has 2 aromatic carbocycles. The summed E-state index contributed by atoms with van der Waals surface area (Å²) in [6, 6.07) is 13.3. The smallest absolute Gasteiger partial charge is 0.321 e. The normalized spacial score (nSPS) is 14.3. The van der Waals surface area contributed by atoms with Gasteiger partial charge in [-0.25, -0.2) is 0 Å². The number of nitrogens with two attached hydrogens (primary N) is 1. The minimum Gasteiger partial charge on any atom is -0.480 e. The van der Waals surface area contributed by atoms with Crippen molar-refractivity contribution in [3.8, 4) is 11.5 Å². The van der Waals surface area contributed by atoms with Crippen LogP contribution in [-0.4, -0.2) is 23.0 Å². The largest absolute Gasteiger partial charge is 0.480 e. The number of amides is 1. The summed E-state index contributed by atoms with van der Waals surface area (Å²) in [6.07, 6.45) is -0.281. The van der Waals surface area contributed by atoms with Crippen LogP contribution in [0.4, 0.5) is 0 Å². The van der Waals surface area contributed by atoms with Gasteiger partial charge in [-0.15, -0.1) is 0 Å². The predicted octanol–water partition coefficient (Wildman–Crippen LogP) is 1.80. The third-order valence-corrected chi connectivity index (χ3v) is 3.75. The lowest BCUT2D eigenvalue weighted by Crippen LogP contribution is -2.42. The average molecular weight is 312 g/mol. The molecule has 1 heterocycles. The first kappa shape index (κ1) is 15.1. The molecular formula is C17H16N2O4. The molecule has 6 heteroatoms. The summed E-state index contributed by atoms with van der Waals surface area (Å²) >= 11 is 0. The second-order valence-corrected chi connectivity index (χ2v) is 5.34. The fourth-order valence-electron chi connectivity index (χ4n) is 2.71. The number of fused-ring (bicyclic) bond motifs is 2. The first-order valence-corrected chi connectivity index (χ1v) is 7.19. The standard InChI is InChI=1S/C17H16N2O4/c18-15(20)9-12(17(21)22)19-16-10-5-1-3-7-13(10)23-14-8-4-2-6-11(14)16/h1-8,12,16,19H,9H2,(H2,18,20)(H,21,22)/t12-/m0/s1. The maximum atomic E-state index is 11.4. The molecule has 2 aromatic rings. The van der Waals surface area contributed by atoms with Gasteiger partial charge in [0.2, 0.25) is 5.91 Å². The van der Waals surface area contributed by atoms with E-state index in [1.165, 1.54) is 0 Å². The number of ether oxygens (including phenoxy) is 1. The summed E-state index contributed by atoms with van der Waals surface area (Å²) < 4.78 is 5.85. The highest BCUT2D eigenvalue weighted by atomic mass is 16.5. The molecule has 118 valence electrons. The fraction of sp³-hybridized carbons (Fsp3) is 0.176. The van der Waals surface area contributed by atoms with Gasteiger partial charge in [-0.2, -0.15) is 0 Å². The van der Waals surface area contributed by atoms with Crippen molar-refractivity contribution in [1.29, 1.82) is 0 Å². The third kappa shape index (κ3) is 3.02. The lowest BCUT2D eigenvalue weighted by Gasteiger charge is -2.30. The molecule has 4 N–H and O–H groups in total. The fourth-order valence-corrected chi connectivity index (χ4v) is 2.71. The monoisotopic (exact) mass is 312 g/mol. The maximum Gasteiger partial charge on any atom is 0.321 e. The van der Waals surface area contributed by atoms with Gasteiger partial charge in [-0.1, -0.05) is 36.4 Å². The zero-order valence-electron chi connectivity index (χ0n) is 12.2. The van der Waals surface area contributed by atoms with Crippen molar-refractivity contribution in [2.24, 2.45) is 5.73 Å². The van der Waals surface area contributed by atoms with Crippen LogP contribution in [0.15, 0.2) is 48.5 Å². The average Bonchev–Trinajstić information content (AvgIpc) is 2.53. The van der Waals surface area contributed by atoms with Crippen molar-refractivity contribution < 1.29 is 19.4 Å². The number of carbonyl (C=O) groups excluding carboxylic acids is 1. The molecule has 0 radical (unpaired) electrons. The van der Waals surface area contributed by atoms with Crippen LogP contribution in [0.3, 0.4) is 0 Å². The lowest BCUT2D eigenvalue weighted by atomic mass is 9.93. The van der Waals surface area contributed by atoms with Crippen LogP contribution in [0.25, 0.3) is 0 Å².